The Balaban J connectivity index is 2.28. The van der Waals surface area contributed by atoms with Gasteiger partial charge in [0.25, 0.3) is 0 Å². The van der Waals surface area contributed by atoms with Crippen LogP contribution in [0.5, 0.6) is 0 Å². The number of aryl methyl sites for hydroxylation is 1. The van der Waals surface area contributed by atoms with E-state index < -0.39 is 5.97 Å². The Morgan fingerprint density at radius 3 is 2.83 bits per heavy atom. The lowest BCUT2D eigenvalue weighted by molar-refractivity contribution is 0.0702. The van der Waals surface area contributed by atoms with Crippen molar-refractivity contribution in [3.63, 3.8) is 0 Å². The second-order valence-corrected chi connectivity index (χ2v) is 5.82. The molecule has 0 bridgehead atoms. The SMILES string of the molecule is Cc1sc(C(=O)O)cc1Cn1ccnc1C(C)C. The Morgan fingerprint density at radius 2 is 2.28 bits per heavy atom. The molecule has 0 spiro atoms. The van der Waals surface area contributed by atoms with Crippen molar-refractivity contribution in [3.05, 3.63) is 39.6 Å². The van der Waals surface area contributed by atoms with E-state index in [0.29, 0.717) is 17.3 Å². The number of thiophene rings is 1. The van der Waals surface area contributed by atoms with E-state index >= 15 is 0 Å². The number of aromatic carboxylic acids is 1. The van der Waals surface area contributed by atoms with Gasteiger partial charge in [0.05, 0.1) is 0 Å². The standard InChI is InChI=1S/C13H16N2O2S/c1-8(2)12-14-4-5-15(12)7-10-6-11(13(16)17)18-9(10)3/h4-6,8H,7H2,1-3H3,(H,16,17). The average Bonchev–Trinajstić information content (AvgIpc) is 2.87. The molecule has 2 aromatic heterocycles. The number of imidazole rings is 1. The predicted molar refractivity (Wildman–Crippen MR) is 71.4 cm³/mol. The maximum Gasteiger partial charge on any atom is 0.345 e. The summed E-state index contributed by atoms with van der Waals surface area (Å²) in [5.41, 5.74) is 1.05. The third-order valence-corrected chi connectivity index (χ3v) is 3.92. The van der Waals surface area contributed by atoms with Crippen molar-refractivity contribution in [2.75, 3.05) is 0 Å². The Kier molecular flexibility index (Phi) is 3.52. The summed E-state index contributed by atoms with van der Waals surface area (Å²) in [4.78, 5) is 16.7. The summed E-state index contributed by atoms with van der Waals surface area (Å²) in [5.74, 6) is 0.527. The summed E-state index contributed by atoms with van der Waals surface area (Å²) in [6, 6.07) is 1.76. The van der Waals surface area contributed by atoms with Gasteiger partial charge in [-0.25, -0.2) is 9.78 Å². The van der Waals surface area contributed by atoms with Crippen molar-refractivity contribution in [3.8, 4) is 0 Å². The summed E-state index contributed by atoms with van der Waals surface area (Å²) < 4.78 is 2.07. The lowest BCUT2D eigenvalue weighted by Crippen LogP contribution is -2.06. The molecule has 18 heavy (non-hydrogen) atoms. The smallest absolute Gasteiger partial charge is 0.345 e. The van der Waals surface area contributed by atoms with Crippen molar-refractivity contribution < 1.29 is 9.90 Å². The van der Waals surface area contributed by atoms with Crippen LogP contribution in [-0.2, 0) is 6.54 Å². The van der Waals surface area contributed by atoms with E-state index in [0.717, 1.165) is 16.3 Å². The topological polar surface area (TPSA) is 55.1 Å². The first-order valence-electron chi connectivity index (χ1n) is 5.82. The minimum Gasteiger partial charge on any atom is -0.477 e. The molecule has 0 saturated heterocycles. The lowest BCUT2D eigenvalue weighted by Gasteiger charge is -2.09. The van der Waals surface area contributed by atoms with Crippen LogP contribution >= 0.6 is 11.3 Å². The summed E-state index contributed by atoms with van der Waals surface area (Å²) >= 11 is 1.33. The van der Waals surface area contributed by atoms with E-state index in [1.165, 1.54) is 11.3 Å². The molecule has 4 nitrogen and oxygen atoms in total. The minimum absolute atomic E-state index is 0.359. The summed E-state index contributed by atoms with van der Waals surface area (Å²) in [7, 11) is 0. The number of carboxylic acids is 1. The van der Waals surface area contributed by atoms with E-state index in [1.807, 2.05) is 13.1 Å². The fraction of sp³-hybridized carbons (Fsp3) is 0.385. The molecule has 0 aromatic carbocycles. The molecule has 0 unspecified atom stereocenters. The number of carbonyl (C=O) groups is 1. The fourth-order valence-corrected chi connectivity index (χ4v) is 2.79. The molecule has 2 rings (SSSR count). The maximum absolute atomic E-state index is 10.9. The molecule has 5 heteroatoms. The van der Waals surface area contributed by atoms with Crippen molar-refractivity contribution in [2.24, 2.45) is 0 Å². The number of aromatic nitrogens is 2. The molecule has 0 atom stereocenters. The van der Waals surface area contributed by atoms with Crippen molar-refractivity contribution in [1.29, 1.82) is 0 Å². The summed E-state index contributed by atoms with van der Waals surface area (Å²) in [6.07, 6.45) is 3.72. The van der Waals surface area contributed by atoms with Gasteiger partial charge >= 0.3 is 5.97 Å². The molecule has 2 heterocycles. The molecular formula is C13H16N2O2S. The Hall–Kier alpha value is -1.62. The van der Waals surface area contributed by atoms with Gasteiger partial charge < -0.3 is 9.67 Å². The van der Waals surface area contributed by atoms with Gasteiger partial charge in [-0.3, -0.25) is 0 Å². The highest BCUT2D eigenvalue weighted by Crippen LogP contribution is 2.23. The van der Waals surface area contributed by atoms with Crippen LogP contribution in [-0.4, -0.2) is 20.6 Å². The molecule has 96 valence electrons. The highest BCUT2D eigenvalue weighted by atomic mass is 32.1. The molecule has 0 aliphatic rings. The zero-order valence-electron chi connectivity index (χ0n) is 10.7. The van der Waals surface area contributed by atoms with Crippen molar-refractivity contribution in [1.82, 2.24) is 9.55 Å². The molecule has 0 saturated carbocycles. The van der Waals surface area contributed by atoms with Crippen LogP contribution in [0.15, 0.2) is 18.5 Å². The molecule has 0 amide bonds. The quantitative estimate of drug-likeness (QED) is 0.923. The second kappa shape index (κ2) is 4.94. The highest BCUT2D eigenvalue weighted by molar-refractivity contribution is 7.14. The van der Waals surface area contributed by atoms with Crippen LogP contribution in [0.2, 0.25) is 0 Å². The highest BCUT2D eigenvalue weighted by Gasteiger charge is 2.13. The third kappa shape index (κ3) is 2.46. The van der Waals surface area contributed by atoms with Crippen molar-refractivity contribution in [2.45, 2.75) is 33.2 Å². The average molecular weight is 264 g/mol. The van der Waals surface area contributed by atoms with Gasteiger partial charge in [0.15, 0.2) is 0 Å². The molecule has 0 aliphatic heterocycles. The van der Waals surface area contributed by atoms with E-state index in [4.69, 9.17) is 5.11 Å². The molecular weight excluding hydrogens is 248 g/mol. The first-order valence-corrected chi connectivity index (χ1v) is 6.64. The van der Waals surface area contributed by atoms with Crippen LogP contribution in [0.1, 0.15) is 45.7 Å². The van der Waals surface area contributed by atoms with Crippen LogP contribution in [0.4, 0.5) is 0 Å². The van der Waals surface area contributed by atoms with Gasteiger partial charge in [-0.1, -0.05) is 13.8 Å². The predicted octanol–water partition coefficient (Wildman–Crippen LogP) is 3.12. The fourth-order valence-electron chi connectivity index (χ4n) is 1.92. The molecule has 2 aromatic rings. The normalized spacial score (nSPS) is 11.1. The lowest BCUT2D eigenvalue weighted by atomic mass is 10.2. The zero-order valence-corrected chi connectivity index (χ0v) is 11.5. The van der Waals surface area contributed by atoms with E-state index in [-0.39, 0.29) is 0 Å². The minimum atomic E-state index is -0.857. The first kappa shape index (κ1) is 12.8. The summed E-state index contributed by atoms with van der Waals surface area (Å²) in [6.45, 7) is 6.84. The van der Waals surface area contributed by atoms with E-state index in [9.17, 15) is 4.79 Å². The van der Waals surface area contributed by atoms with Crippen LogP contribution in [0.3, 0.4) is 0 Å². The molecule has 0 fully saturated rings. The molecule has 1 N–H and O–H groups in total. The Bertz CT molecular complexity index is 569. The van der Waals surface area contributed by atoms with Crippen LogP contribution in [0.25, 0.3) is 0 Å². The third-order valence-electron chi connectivity index (χ3n) is 2.84. The van der Waals surface area contributed by atoms with Crippen LogP contribution in [0, 0.1) is 6.92 Å². The number of hydrogen-bond acceptors (Lipinski definition) is 3. The number of nitrogens with zero attached hydrogens (tertiary/aromatic N) is 2. The summed E-state index contributed by atoms with van der Waals surface area (Å²) in [5, 5.41) is 8.98. The van der Waals surface area contributed by atoms with E-state index in [2.05, 4.69) is 23.4 Å². The van der Waals surface area contributed by atoms with Gasteiger partial charge in [-0.05, 0) is 18.6 Å². The van der Waals surface area contributed by atoms with Crippen molar-refractivity contribution >= 4 is 17.3 Å². The van der Waals surface area contributed by atoms with Gasteiger partial charge in [-0.15, -0.1) is 11.3 Å². The Labute approximate surface area is 110 Å². The zero-order chi connectivity index (χ0) is 13.3. The van der Waals surface area contributed by atoms with E-state index in [1.54, 1.807) is 12.3 Å². The van der Waals surface area contributed by atoms with Gasteiger partial charge in [0.2, 0.25) is 0 Å². The number of hydrogen-bond donors (Lipinski definition) is 1. The molecule has 0 radical (unpaired) electrons. The Morgan fingerprint density at radius 1 is 1.56 bits per heavy atom. The second-order valence-electron chi connectivity index (χ2n) is 4.57. The van der Waals surface area contributed by atoms with Gasteiger partial charge in [0.1, 0.15) is 10.7 Å². The van der Waals surface area contributed by atoms with Gasteiger partial charge in [0, 0.05) is 29.7 Å². The maximum atomic E-state index is 10.9. The largest absolute Gasteiger partial charge is 0.477 e. The first-order chi connectivity index (χ1) is 8.49. The number of rotatable bonds is 4. The van der Waals surface area contributed by atoms with Gasteiger partial charge in [-0.2, -0.15) is 0 Å². The monoisotopic (exact) mass is 264 g/mol. The van der Waals surface area contributed by atoms with Crippen LogP contribution < -0.4 is 0 Å². The molecule has 0 aliphatic carbocycles. The number of carboxylic acid groups (broad SMARTS) is 1.